The van der Waals surface area contributed by atoms with Crippen molar-refractivity contribution in [2.45, 2.75) is 24.8 Å². The zero-order valence-electron chi connectivity index (χ0n) is 7.13. The highest BCUT2D eigenvalue weighted by Crippen LogP contribution is 2.46. The molecule has 62 valence electrons. The van der Waals surface area contributed by atoms with E-state index in [1.165, 1.54) is 12.8 Å². The lowest BCUT2D eigenvalue weighted by molar-refractivity contribution is 0.115. The summed E-state index contributed by atoms with van der Waals surface area (Å²) >= 11 is 0. The fourth-order valence-corrected chi connectivity index (χ4v) is 1.83. The van der Waals surface area contributed by atoms with Crippen LogP contribution in [0.5, 0.6) is 0 Å². The molecular weight excluding hydrogens is 140 g/mol. The van der Waals surface area contributed by atoms with Crippen LogP contribution in [0.2, 0.25) is 0 Å². The number of carbonyl (C=O) groups is 1. The molecule has 1 aliphatic heterocycles. The number of rotatable bonds is 0. The number of hydrogen-bond acceptors (Lipinski definition) is 1. The minimum Gasteiger partial charge on any atom is -0.328 e. The number of urea groups is 1. The fraction of sp³-hybridized carbons (Fsp3) is 0.875. The lowest BCUT2D eigenvalue weighted by Gasteiger charge is -2.38. The second-order valence-corrected chi connectivity index (χ2v) is 3.74. The van der Waals surface area contributed by atoms with Gasteiger partial charge in [0.15, 0.2) is 0 Å². The van der Waals surface area contributed by atoms with Gasteiger partial charge in [0.05, 0.1) is 0 Å². The monoisotopic (exact) mass is 154 g/mol. The predicted molar refractivity (Wildman–Crippen MR) is 42.4 cm³/mol. The molecule has 0 aromatic carbocycles. The maximum absolute atomic E-state index is 11.4. The molecule has 3 nitrogen and oxygen atoms in total. The van der Waals surface area contributed by atoms with Crippen molar-refractivity contribution in [3.8, 4) is 0 Å². The molecule has 0 aromatic heterocycles. The van der Waals surface area contributed by atoms with Gasteiger partial charge in [-0.15, -0.1) is 0 Å². The lowest BCUT2D eigenvalue weighted by Crippen LogP contribution is -2.52. The Bertz CT molecular complexity index is 198. The van der Waals surface area contributed by atoms with Gasteiger partial charge in [-0.3, -0.25) is 0 Å². The van der Waals surface area contributed by atoms with Gasteiger partial charge in [0.25, 0.3) is 0 Å². The van der Waals surface area contributed by atoms with Crippen molar-refractivity contribution in [2.24, 2.45) is 0 Å². The largest absolute Gasteiger partial charge is 0.328 e. The molecule has 1 spiro atoms. The van der Waals surface area contributed by atoms with Gasteiger partial charge in [-0.05, 0) is 19.3 Å². The van der Waals surface area contributed by atoms with Crippen LogP contribution in [0, 0.1) is 0 Å². The van der Waals surface area contributed by atoms with Gasteiger partial charge in [0.1, 0.15) is 0 Å². The first-order valence-corrected chi connectivity index (χ1v) is 4.15. The molecule has 0 unspecified atom stereocenters. The summed E-state index contributed by atoms with van der Waals surface area (Å²) in [6, 6.07) is 0.189. The van der Waals surface area contributed by atoms with Gasteiger partial charge in [0.2, 0.25) is 0 Å². The van der Waals surface area contributed by atoms with E-state index >= 15 is 0 Å². The van der Waals surface area contributed by atoms with E-state index in [-0.39, 0.29) is 11.6 Å². The molecule has 1 saturated carbocycles. The van der Waals surface area contributed by atoms with Crippen molar-refractivity contribution < 1.29 is 4.79 Å². The molecule has 2 amide bonds. The van der Waals surface area contributed by atoms with Crippen molar-refractivity contribution in [1.29, 1.82) is 0 Å². The van der Waals surface area contributed by atoms with Crippen LogP contribution in [-0.4, -0.2) is 42.0 Å². The van der Waals surface area contributed by atoms with Gasteiger partial charge in [-0.2, -0.15) is 0 Å². The molecular formula is C8H14N2O. The minimum absolute atomic E-state index is 0.189. The highest BCUT2D eigenvalue weighted by molar-refractivity contribution is 5.76. The number of hydrogen-bond donors (Lipinski definition) is 0. The quantitative estimate of drug-likeness (QED) is 0.508. The third-order valence-electron chi connectivity index (χ3n) is 3.06. The van der Waals surface area contributed by atoms with Crippen LogP contribution >= 0.6 is 0 Å². The average molecular weight is 154 g/mol. The zero-order chi connectivity index (χ0) is 8.06. The third-order valence-corrected chi connectivity index (χ3v) is 3.06. The molecule has 0 atom stereocenters. The van der Waals surface area contributed by atoms with Crippen molar-refractivity contribution in [2.75, 3.05) is 20.6 Å². The van der Waals surface area contributed by atoms with E-state index in [2.05, 4.69) is 0 Å². The van der Waals surface area contributed by atoms with Crippen molar-refractivity contribution >= 4 is 6.03 Å². The SMILES string of the molecule is CN1CCC2(CC2)N(C)C1=O. The summed E-state index contributed by atoms with van der Waals surface area (Å²) in [7, 11) is 3.79. The van der Waals surface area contributed by atoms with Crippen molar-refractivity contribution in [3.63, 3.8) is 0 Å². The highest BCUT2D eigenvalue weighted by Gasteiger charge is 2.51. The molecule has 0 bridgehead atoms. The number of carbonyl (C=O) groups excluding carboxylic acids is 1. The highest BCUT2D eigenvalue weighted by atomic mass is 16.2. The van der Waals surface area contributed by atoms with Gasteiger partial charge in [-0.25, -0.2) is 4.79 Å². The number of nitrogens with zero attached hydrogens (tertiary/aromatic N) is 2. The van der Waals surface area contributed by atoms with Crippen molar-refractivity contribution in [3.05, 3.63) is 0 Å². The van der Waals surface area contributed by atoms with Gasteiger partial charge < -0.3 is 9.80 Å². The summed E-state index contributed by atoms with van der Waals surface area (Å²) in [5.74, 6) is 0. The van der Waals surface area contributed by atoms with Crippen LogP contribution in [0.15, 0.2) is 0 Å². The first-order chi connectivity index (χ1) is 5.16. The Kier molecular flexibility index (Phi) is 1.20. The summed E-state index contributed by atoms with van der Waals surface area (Å²) < 4.78 is 0. The summed E-state index contributed by atoms with van der Waals surface area (Å²) in [5.41, 5.74) is 0.281. The second-order valence-electron chi connectivity index (χ2n) is 3.74. The Labute approximate surface area is 67.0 Å². The molecule has 0 radical (unpaired) electrons. The molecule has 2 fully saturated rings. The Morgan fingerprint density at radius 2 is 1.91 bits per heavy atom. The Hall–Kier alpha value is -0.730. The summed E-state index contributed by atoms with van der Waals surface area (Å²) in [6.45, 7) is 0.934. The Morgan fingerprint density at radius 1 is 1.27 bits per heavy atom. The molecule has 0 aromatic rings. The average Bonchev–Trinajstić information content (AvgIpc) is 2.76. The van der Waals surface area contributed by atoms with Crippen LogP contribution in [0.3, 0.4) is 0 Å². The normalized spacial score (nSPS) is 28.0. The Balaban J connectivity index is 2.15. The minimum atomic E-state index is 0.189. The van der Waals surface area contributed by atoms with Crippen LogP contribution in [0.1, 0.15) is 19.3 Å². The number of amides is 2. The van der Waals surface area contributed by atoms with E-state index in [0.717, 1.165) is 13.0 Å². The van der Waals surface area contributed by atoms with E-state index < -0.39 is 0 Å². The smallest absolute Gasteiger partial charge is 0.319 e. The topological polar surface area (TPSA) is 23.6 Å². The van der Waals surface area contributed by atoms with Crippen molar-refractivity contribution in [1.82, 2.24) is 9.80 Å². The maximum atomic E-state index is 11.4. The summed E-state index contributed by atoms with van der Waals surface area (Å²) in [6.07, 6.45) is 3.58. The summed E-state index contributed by atoms with van der Waals surface area (Å²) in [4.78, 5) is 15.1. The van der Waals surface area contributed by atoms with E-state index in [1.807, 2.05) is 19.0 Å². The fourth-order valence-electron chi connectivity index (χ4n) is 1.83. The maximum Gasteiger partial charge on any atom is 0.319 e. The van der Waals surface area contributed by atoms with Gasteiger partial charge >= 0.3 is 6.03 Å². The van der Waals surface area contributed by atoms with Crippen LogP contribution < -0.4 is 0 Å². The van der Waals surface area contributed by atoms with E-state index in [0.29, 0.717) is 0 Å². The second kappa shape index (κ2) is 1.90. The van der Waals surface area contributed by atoms with Gasteiger partial charge in [-0.1, -0.05) is 0 Å². The standard InChI is InChI=1S/C8H14N2O/c1-9-6-5-8(3-4-8)10(2)7(9)11/h3-6H2,1-2H3. The van der Waals surface area contributed by atoms with Crippen LogP contribution in [-0.2, 0) is 0 Å². The molecule has 1 heterocycles. The first-order valence-electron chi connectivity index (χ1n) is 4.15. The molecule has 1 saturated heterocycles. The molecule has 3 heteroatoms. The van der Waals surface area contributed by atoms with Crippen LogP contribution in [0.4, 0.5) is 4.79 Å². The first kappa shape index (κ1) is 6.95. The molecule has 2 aliphatic rings. The predicted octanol–water partition coefficient (Wildman–Crippen LogP) is 0.906. The molecule has 1 aliphatic carbocycles. The van der Waals surface area contributed by atoms with Crippen LogP contribution in [0.25, 0.3) is 0 Å². The van der Waals surface area contributed by atoms with E-state index in [9.17, 15) is 4.79 Å². The lowest BCUT2D eigenvalue weighted by atomic mass is 10.1. The van der Waals surface area contributed by atoms with Gasteiger partial charge in [0, 0.05) is 26.2 Å². The third kappa shape index (κ3) is 0.832. The molecule has 2 rings (SSSR count). The van der Waals surface area contributed by atoms with E-state index in [1.54, 1.807) is 4.90 Å². The molecule has 0 N–H and O–H groups in total. The summed E-state index contributed by atoms with van der Waals surface area (Å²) in [5, 5.41) is 0. The Morgan fingerprint density at radius 3 is 2.45 bits per heavy atom. The molecule has 11 heavy (non-hydrogen) atoms. The van der Waals surface area contributed by atoms with E-state index in [4.69, 9.17) is 0 Å². The zero-order valence-corrected chi connectivity index (χ0v) is 7.13.